The molecule has 1 saturated carbocycles. The van der Waals surface area contributed by atoms with E-state index in [2.05, 4.69) is 61.6 Å². The molecule has 0 radical (unpaired) electrons. The number of nitrogens with one attached hydrogen (secondary N) is 2. The lowest BCUT2D eigenvalue weighted by molar-refractivity contribution is 0.261. The van der Waals surface area contributed by atoms with Crippen LogP contribution in [0.5, 0.6) is 5.75 Å². The number of rotatable bonds is 9. The highest BCUT2D eigenvalue weighted by Gasteiger charge is 2.21. The molecule has 0 aliphatic heterocycles. The van der Waals surface area contributed by atoms with Crippen molar-refractivity contribution in [3.63, 3.8) is 0 Å². The van der Waals surface area contributed by atoms with Crippen molar-refractivity contribution in [2.75, 3.05) is 39.1 Å². The summed E-state index contributed by atoms with van der Waals surface area (Å²) in [7, 11) is 4.09. The van der Waals surface area contributed by atoms with Crippen molar-refractivity contribution in [1.29, 1.82) is 0 Å². The third-order valence-corrected chi connectivity index (χ3v) is 6.39. The van der Waals surface area contributed by atoms with Crippen LogP contribution in [0.3, 0.4) is 0 Å². The number of hydrogen-bond acceptors (Lipinski definition) is 5. The topological polar surface area (TPSA) is 66.1 Å². The van der Waals surface area contributed by atoms with Crippen LogP contribution in [0.2, 0.25) is 0 Å². The Morgan fingerprint density at radius 1 is 1.00 bits per heavy atom. The van der Waals surface area contributed by atoms with Gasteiger partial charge in [0.15, 0.2) is 0 Å². The molecule has 1 fully saturated rings. The maximum absolute atomic E-state index is 5.89. The molecular weight excluding hydrogens is 410 g/mol. The van der Waals surface area contributed by atoms with Gasteiger partial charge in [-0.2, -0.15) is 0 Å². The van der Waals surface area contributed by atoms with Gasteiger partial charge in [0, 0.05) is 18.7 Å². The second-order valence-electron chi connectivity index (χ2n) is 9.04. The number of hydrogen-bond donors (Lipinski definition) is 2. The van der Waals surface area contributed by atoms with Gasteiger partial charge in [0.1, 0.15) is 30.1 Å². The van der Waals surface area contributed by atoms with E-state index in [1.54, 1.807) is 6.33 Å². The van der Waals surface area contributed by atoms with Crippen LogP contribution < -0.4 is 10.1 Å². The quantitative estimate of drug-likeness (QED) is 0.362. The summed E-state index contributed by atoms with van der Waals surface area (Å²) in [5.74, 6) is 2.52. The Kier molecular flexibility index (Phi) is 6.26. The predicted octanol–water partition coefficient (Wildman–Crippen LogP) is 5.44. The van der Waals surface area contributed by atoms with E-state index >= 15 is 0 Å². The zero-order valence-electron chi connectivity index (χ0n) is 19.3. The Bertz CT molecular complexity index is 1200. The lowest BCUT2D eigenvalue weighted by Crippen LogP contribution is -2.21. The van der Waals surface area contributed by atoms with Crippen molar-refractivity contribution in [3.8, 4) is 28.1 Å². The van der Waals surface area contributed by atoms with Gasteiger partial charge in [-0.3, -0.25) is 0 Å². The highest BCUT2D eigenvalue weighted by molar-refractivity contribution is 6.07. The van der Waals surface area contributed by atoms with Gasteiger partial charge in [-0.25, -0.2) is 9.97 Å². The summed E-state index contributed by atoms with van der Waals surface area (Å²) in [6.07, 6.45) is 5.58. The fourth-order valence-corrected chi connectivity index (χ4v) is 4.27. The summed E-state index contributed by atoms with van der Waals surface area (Å²) in [6.45, 7) is 2.51. The van der Waals surface area contributed by atoms with E-state index in [-0.39, 0.29) is 0 Å². The number of anilines is 1. The van der Waals surface area contributed by atoms with Gasteiger partial charge >= 0.3 is 0 Å². The van der Waals surface area contributed by atoms with Crippen LogP contribution >= 0.6 is 0 Å². The minimum atomic E-state index is 0.666. The van der Waals surface area contributed by atoms with Gasteiger partial charge in [-0.05, 0) is 68.2 Å². The molecule has 33 heavy (non-hydrogen) atoms. The standard InChI is InChI=1S/C27H31N5O/c1-32(2)15-16-33-22-13-11-21(12-14-22)25-23(20-9-4-3-5-10-20)24-26(28-17-19-7-6-8-19)29-18-30-27(24)31-25/h3-5,9-14,18-19H,6-8,15-17H2,1-2H3,(H2,28,29,30,31). The average Bonchev–Trinajstić information content (AvgIpc) is 3.19. The molecule has 6 nitrogen and oxygen atoms in total. The van der Waals surface area contributed by atoms with Gasteiger partial charge in [-0.1, -0.05) is 36.8 Å². The fourth-order valence-electron chi connectivity index (χ4n) is 4.27. The first kappa shape index (κ1) is 21.5. The summed E-state index contributed by atoms with van der Waals surface area (Å²) in [5, 5.41) is 4.66. The summed E-state index contributed by atoms with van der Waals surface area (Å²) < 4.78 is 5.89. The minimum absolute atomic E-state index is 0.666. The number of aromatic amines is 1. The van der Waals surface area contributed by atoms with Gasteiger partial charge < -0.3 is 19.9 Å². The van der Waals surface area contributed by atoms with Gasteiger partial charge in [-0.15, -0.1) is 0 Å². The van der Waals surface area contributed by atoms with Gasteiger partial charge in [0.05, 0.1) is 11.1 Å². The van der Waals surface area contributed by atoms with Crippen LogP contribution in [-0.2, 0) is 0 Å². The third-order valence-electron chi connectivity index (χ3n) is 6.39. The minimum Gasteiger partial charge on any atom is -0.492 e. The van der Waals surface area contributed by atoms with E-state index in [1.807, 2.05) is 32.3 Å². The van der Waals surface area contributed by atoms with Gasteiger partial charge in [0.2, 0.25) is 0 Å². The molecule has 2 heterocycles. The summed E-state index contributed by atoms with van der Waals surface area (Å²) in [6, 6.07) is 18.8. The SMILES string of the molecule is CN(C)CCOc1ccc(-c2[nH]c3ncnc(NCC4CCC4)c3c2-c2ccccc2)cc1. The maximum Gasteiger partial charge on any atom is 0.143 e. The van der Waals surface area contributed by atoms with Crippen LogP contribution in [0.25, 0.3) is 33.4 Å². The lowest BCUT2D eigenvalue weighted by atomic mass is 9.85. The second kappa shape index (κ2) is 9.63. The van der Waals surface area contributed by atoms with Crippen LogP contribution in [0.4, 0.5) is 5.82 Å². The van der Waals surface area contributed by atoms with Crippen molar-refractivity contribution < 1.29 is 4.74 Å². The normalized spacial score (nSPS) is 13.9. The van der Waals surface area contributed by atoms with Crippen molar-refractivity contribution in [3.05, 3.63) is 60.9 Å². The van der Waals surface area contributed by atoms with Crippen LogP contribution in [0.1, 0.15) is 19.3 Å². The maximum atomic E-state index is 5.89. The number of H-pyrrole nitrogens is 1. The number of fused-ring (bicyclic) bond motifs is 1. The van der Waals surface area contributed by atoms with Crippen molar-refractivity contribution in [2.45, 2.75) is 19.3 Å². The fraction of sp³-hybridized carbons (Fsp3) is 0.333. The smallest absolute Gasteiger partial charge is 0.143 e. The molecule has 4 aromatic rings. The van der Waals surface area contributed by atoms with Crippen LogP contribution in [-0.4, -0.2) is 53.6 Å². The first-order chi connectivity index (χ1) is 16.2. The summed E-state index contributed by atoms with van der Waals surface area (Å²) in [5.41, 5.74) is 5.26. The molecule has 1 aliphatic rings. The molecule has 0 spiro atoms. The van der Waals surface area contributed by atoms with E-state index in [4.69, 9.17) is 4.74 Å². The third kappa shape index (κ3) is 4.71. The molecule has 5 rings (SSSR count). The monoisotopic (exact) mass is 441 g/mol. The Balaban J connectivity index is 1.53. The molecule has 1 aliphatic carbocycles. The van der Waals surface area contributed by atoms with Crippen molar-refractivity contribution in [1.82, 2.24) is 19.9 Å². The average molecular weight is 442 g/mol. The molecule has 0 unspecified atom stereocenters. The van der Waals surface area contributed by atoms with Crippen molar-refractivity contribution in [2.24, 2.45) is 5.92 Å². The molecule has 0 bridgehead atoms. The van der Waals surface area contributed by atoms with E-state index in [0.717, 1.165) is 64.0 Å². The zero-order valence-corrected chi connectivity index (χ0v) is 19.3. The summed E-state index contributed by atoms with van der Waals surface area (Å²) in [4.78, 5) is 14.9. The first-order valence-electron chi connectivity index (χ1n) is 11.7. The highest BCUT2D eigenvalue weighted by Crippen LogP contribution is 2.40. The Morgan fingerprint density at radius 3 is 2.48 bits per heavy atom. The van der Waals surface area contributed by atoms with Gasteiger partial charge in [0.25, 0.3) is 0 Å². The van der Waals surface area contributed by atoms with E-state index < -0.39 is 0 Å². The Labute approximate surface area is 195 Å². The highest BCUT2D eigenvalue weighted by atomic mass is 16.5. The van der Waals surface area contributed by atoms with E-state index in [0.29, 0.717) is 6.61 Å². The second-order valence-corrected chi connectivity index (χ2v) is 9.04. The first-order valence-corrected chi connectivity index (χ1v) is 11.7. The number of aromatic nitrogens is 3. The zero-order chi connectivity index (χ0) is 22.6. The molecule has 6 heteroatoms. The van der Waals surface area contributed by atoms with E-state index in [1.165, 1.54) is 19.3 Å². The number of benzene rings is 2. The molecule has 0 saturated heterocycles. The molecule has 2 aromatic carbocycles. The molecule has 2 N–H and O–H groups in total. The lowest BCUT2D eigenvalue weighted by Gasteiger charge is -2.25. The molecule has 2 aromatic heterocycles. The van der Waals surface area contributed by atoms with Crippen LogP contribution in [0.15, 0.2) is 60.9 Å². The number of ether oxygens (including phenoxy) is 1. The van der Waals surface area contributed by atoms with Crippen molar-refractivity contribution >= 4 is 16.9 Å². The largest absolute Gasteiger partial charge is 0.492 e. The van der Waals surface area contributed by atoms with E-state index in [9.17, 15) is 0 Å². The predicted molar refractivity (Wildman–Crippen MR) is 135 cm³/mol. The number of nitrogens with zero attached hydrogens (tertiary/aromatic N) is 3. The summed E-state index contributed by atoms with van der Waals surface area (Å²) >= 11 is 0. The molecule has 0 atom stereocenters. The Hall–Kier alpha value is -3.38. The number of likely N-dealkylation sites (N-methyl/N-ethyl adjacent to an activating group) is 1. The molecule has 170 valence electrons. The molecule has 0 amide bonds. The van der Waals surface area contributed by atoms with Crippen LogP contribution in [0, 0.1) is 5.92 Å². The molecular formula is C27H31N5O. The Morgan fingerprint density at radius 2 is 1.79 bits per heavy atom.